The minimum atomic E-state index is -0.502. The fourth-order valence-corrected chi connectivity index (χ4v) is 2.52. The Kier molecular flexibility index (Phi) is 3.66. The van der Waals surface area contributed by atoms with E-state index in [0.717, 1.165) is 18.6 Å². The summed E-state index contributed by atoms with van der Waals surface area (Å²) in [6.07, 6.45) is 5.94. The highest BCUT2D eigenvalue weighted by Gasteiger charge is 2.30. The molecule has 0 aromatic carbocycles. The van der Waals surface area contributed by atoms with E-state index in [1.54, 1.807) is 17.3 Å². The number of pyridine rings is 1. The Morgan fingerprint density at radius 1 is 1.43 bits per heavy atom. The quantitative estimate of drug-likeness (QED) is 0.898. The van der Waals surface area contributed by atoms with Gasteiger partial charge in [0.1, 0.15) is 11.6 Å². The SMILES string of the molecule is CN1CCN(C(=O)c2cncc(F)c2)C[C@@H]1c1ncc[nH]1. The fraction of sp³-hybridized carbons (Fsp3) is 0.357. The second-order valence-electron chi connectivity index (χ2n) is 5.11. The van der Waals surface area contributed by atoms with Gasteiger partial charge >= 0.3 is 0 Å². The third-order valence-corrected chi connectivity index (χ3v) is 3.72. The third-order valence-electron chi connectivity index (χ3n) is 3.72. The van der Waals surface area contributed by atoms with Crippen LogP contribution in [0, 0.1) is 5.82 Å². The van der Waals surface area contributed by atoms with Gasteiger partial charge in [-0.2, -0.15) is 0 Å². The zero-order chi connectivity index (χ0) is 14.8. The molecule has 1 aliphatic heterocycles. The van der Waals surface area contributed by atoms with Crippen molar-refractivity contribution in [3.63, 3.8) is 0 Å². The molecule has 3 rings (SSSR count). The van der Waals surface area contributed by atoms with Gasteiger partial charge in [0.05, 0.1) is 17.8 Å². The van der Waals surface area contributed by atoms with Crippen molar-refractivity contribution in [2.75, 3.05) is 26.7 Å². The smallest absolute Gasteiger partial charge is 0.255 e. The highest BCUT2D eigenvalue weighted by Crippen LogP contribution is 2.22. The number of nitrogens with one attached hydrogen (secondary N) is 1. The summed E-state index contributed by atoms with van der Waals surface area (Å²) < 4.78 is 13.2. The van der Waals surface area contributed by atoms with Crippen LogP contribution in [0.2, 0.25) is 0 Å². The first-order chi connectivity index (χ1) is 10.1. The van der Waals surface area contributed by atoms with Crippen LogP contribution < -0.4 is 0 Å². The van der Waals surface area contributed by atoms with Crippen LogP contribution in [0.25, 0.3) is 0 Å². The van der Waals surface area contributed by atoms with Crippen molar-refractivity contribution in [3.8, 4) is 0 Å². The highest BCUT2D eigenvalue weighted by molar-refractivity contribution is 5.94. The number of hydrogen-bond donors (Lipinski definition) is 1. The van der Waals surface area contributed by atoms with Crippen LogP contribution in [0.4, 0.5) is 4.39 Å². The molecule has 0 radical (unpaired) electrons. The fourth-order valence-electron chi connectivity index (χ4n) is 2.52. The maximum absolute atomic E-state index is 13.2. The van der Waals surface area contributed by atoms with E-state index >= 15 is 0 Å². The lowest BCUT2D eigenvalue weighted by atomic mass is 10.1. The molecule has 1 N–H and O–H groups in total. The molecule has 0 spiro atoms. The van der Waals surface area contributed by atoms with Crippen molar-refractivity contribution in [2.24, 2.45) is 0 Å². The standard InChI is InChI=1S/C14H16FN5O/c1-19-4-5-20(9-12(19)13-17-2-3-18-13)14(21)10-6-11(15)8-16-7-10/h2-3,6-8,12H,4-5,9H2,1H3,(H,17,18)/t12-/m1/s1. The van der Waals surface area contributed by atoms with Gasteiger partial charge in [-0.05, 0) is 13.1 Å². The summed E-state index contributed by atoms with van der Waals surface area (Å²) in [6.45, 7) is 1.85. The van der Waals surface area contributed by atoms with Crippen molar-refractivity contribution in [1.29, 1.82) is 0 Å². The molecule has 2 aromatic rings. The van der Waals surface area contributed by atoms with Crippen LogP contribution in [-0.4, -0.2) is 57.3 Å². The van der Waals surface area contributed by atoms with E-state index in [-0.39, 0.29) is 17.5 Å². The van der Waals surface area contributed by atoms with Crippen molar-refractivity contribution >= 4 is 5.91 Å². The average Bonchev–Trinajstić information content (AvgIpc) is 3.01. The van der Waals surface area contributed by atoms with E-state index in [0.29, 0.717) is 13.1 Å². The normalized spacial score (nSPS) is 19.7. The van der Waals surface area contributed by atoms with Crippen LogP contribution in [0.1, 0.15) is 22.2 Å². The zero-order valence-corrected chi connectivity index (χ0v) is 11.7. The first kappa shape index (κ1) is 13.7. The number of aromatic nitrogens is 3. The predicted octanol–water partition coefficient (Wildman–Crippen LogP) is 1.07. The second kappa shape index (κ2) is 5.61. The summed E-state index contributed by atoms with van der Waals surface area (Å²) >= 11 is 0. The molecule has 0 bridgehead atoms. The van der Waals surface area contributed by atoms with E-state index in [1.807, 2.05) is 7.05 Å². The number of aromatic amines is 1. The summed E-state index contributed by atoms with van der Waals surface area (Å²) in [5, 5.41) is 0. The van der Waals surface area contributed by atoms with Gasteiger partial charge in [-0.3, -0.25) is 14.7 Å². The first-order valence-corrected chi connectivity index (χ1v) is 6.74. The van der Waals surface area contributed by atoms with Crippen molar-refractivity contribution in [3.05, 3.63) is 48.1 Å². The van der Waals surface area contributed by atoms with E-state index in [2.05, 4.69) is 19.9 Å². The molecule has 2 aromatic heterocycles. The van der Waals surface area contributed by atoms with E-state index < -0.39 is 5.82 Å². The van der Waals surface area contributed by atoms with Gasteiger partial charge in [0, 0.05) is 38.2 Å². The second-order valence-corrected chi connectivity index (χ2v) is 5.11. The molecule has 1 atom stereocenters. The number of likely N-dealkylation sites (N-methyl/N-ethyl adjacent to an activating group) is 1. The summed E-state index contributed by atoms with van der Waals surface area (Å²) in [7, 11) is 2.00. The zero-order valence-electron chi connectivity index (χ0n) is 11.7. The van der Waals surface area contributed by atoms with Crippen LogP contribution in [0.3, 0.4) is 0 Å². The Balaban J connectivity index is 1.78. The van der Waals surface area contributed by atoms with Gasteiger partial charge in [0.25, 0.3) is 5.91 Å². The van der Waals surface area contributed by atoms with E-state index in [9.17, 15) is 9.18 Å². The predicted molar refractivity (Wildman–Crippen MR) is 74.1 cm³/mol. The molecule has 1 amide bonds. The number of halogens is 1. The number of carbonyl (C=O) groups excluding carboxylic acids is 1. The molecule has 0 saturated carbocycles. The largest absolute Gasteiger partial charge is 0.347 e. The molecule has 21 heavy (non-hydrogen) atoms. The summed E-state index contributed by atoms with van der Waals surface area (Å²) in [5.74, 6) is 0.122. The van der Waals surface area contributed by atoms with Gasteiger partial charge in [-0.25, -0.2) is 9.37 Å². The Bertz CT molecular complexity index is 630. The number of piperazine rings is 1. The van der Waals surface area contributed by atoms with Crippen LogP contribution in [0.15, 0.2) is 30.9 Å². The molecule has 3 heterocycles. The van der Waals surface area contributed by atoms with Gasteiger partial charge < -0.3 is 9.88 Å². The van der Waals surface area contributed by atoms with Crippen molar-refractivity contribution < 1.29 is 9.18 Å². The number of rotatable bonds is 2. The number of H-pyrrole nitrogens is 1. The van der Waals surface area contributed by atoms with E-state index in [1.165, 1.54) is 12.3 Å². The maximum Gasteiger partial charge on any atom is 0.255 e. The third kappa shape index (κ3) is 2.78. The topological polar surface area (TPSA) is 65.1 Å². The Hall–Kier alpha value is -2.28. The lowest BCUT2D eigenvalue weighted by Gasteiger charge is -2.38. The molecule has 1 fully saturated rings. The molecule has 7 heteroatoms. The highest BCUT2D eigenvalue weighted by atomic mass is 19.1. The lowest BCUT2D eigenvalue weighted by Crippen LogP contribution is -2.49. The van der Waals surface area contributed by atoms with Crippen molar-refractivity contribution in [1.82, 2.24) is 24.8 Å². The Morgan fingerprint density at radius 2 is 2.29 bits per heavy atom. The number of imidazole rings is 1. The lowest BCUT2D eigenvalue weighted by molar-refractivity contribution is 0.0533. The Morgan fingerprint density at radius 3 is 3.00 bits per heavy atom. The summed E-state index contributed by atoms with van der Waals surface area (Å²) in [4.78, 5) is 27.4. The van der Waals surface area contributed by atoms with Gasteiger partial charge in [-0.1, -0.05) is 0 Å². The van der Waals surface area contributed by atoms with Gasteiger partial charge in [0.2, 0.25) is 0 Å². The molecule has 0 aliphatic carbocycles. The Labute approximate surface area is 121 Å². The summed E-state index contributed by atoms with van der Waals surface area (Å²) in [5.41, 5.74) is 0.276. The van der Waals surface area contributed by atoms with Crippen LogP contribution in [-0.2, 0) is 0 Å². The number of carbonyl (C=O) groups is 1. The number of hydrogen-bond acceptors (Lipinski definition) is 4. The average molecular weight is 289 g/mol. The summed E-state index contributed by atoms with van der Waals surface area (Å²) in [6, 6.07) is 1.23. The molecule has 110 valence electrons. The van der Waals surface area contributed by atoms with Crippen LogP contribution >= 0.6 is 0 Å². The minimum absolute atomic E-state index is 0.0132. The first-order valence-electron chi connectivity index (χ1n) is 6.74. The molecule has 0 unspecified atom stereocenters. The molecule has 6 nitrogen and oxygen atoms in total. The number of nitrogens with zero attached hydrogens (tertiary/aromatic N) is 4. The number of amides is 1. The van der Waals surface area contributed by atoms with Crippen molar-refractivity contribution in [2.45, 2.75) is 6.04 Å². The molecule has 1 aliphatic rings. The van der Waals surface area contributed by atoms with Gasteiger partial charge in [-0.15, -0.1) is 0 Å². The van der Waals surface area contributed by atoms with Gasteiger partial charge in [0.15, 0.2) is 0 Å². The molecular formula is C14H16FN5O. The maximum atomic E-state index is 13.2. The monoisotopic (exact) mass is 289 g/mol. The molecule has 1 saturated heterocycles. The van der Waals surface area contributed by atoms with Crippen LogP contribution in [0.5, 0.6) is 0 Å². The minimum Gasteiger partial charge on any atom is -0.347 e. The molecular weight excluding hydrogens is 273 g/mol. The van der Waals surface area contributed by atoms with E-state index in [4.69, 9.17) is 0 Å².